The zero-order chi connectivity index (χ0) is 21.2. The van der Waals surface area contributed by atoms with Gasteiger partial charge in [-0.2, -0.15) is 4.39 Å². The summed E-state index contributed by atoms with van der Waals surface area (Å²) in [6, 6.07) is 2.80. The Hall–Kier alpha value is -1.26. The summed E-state index contributed by atoms with van der Waals surface area (Å²) in [5, 5.41) is 0. The van der Waals surface area contributed by atoms with Crippen LogP contribution >= 0.6 is 0 Å². The molecule has 2 atom stereocenters. The van der Waals surface area contributed by atoms with Gasteiger partial charge in [0.05, 0.1) is 6.61 Å². The van der Waals surface area contributed by atoms with Crippen molar-refractivity contribution in [3.63, 3.8) is 0 Å². The molecule has 0 amide bonds. The fourth-order valence-electron chi connectivity index (χ4n) is 5.30. The number of hydrogen-bond donors (Lipinski definition) is 0. The molecule has 0 saturated heterocycles. The zero-order valence-electron chi connectivity index (χ0n) is 17.9. The Morgan fingerprint density at radius 3 is 2.28 bits per heavy atom. The summed E-state index contributed by atoms with van der Waals surface area (Å²) in [7, 11) is 0. The van der Waals surface area contributed by atoms with Gasteiger partial charge in [-0.15, -0.1) is 0 Å². The van der Waals surface area contributed by atoms with Gasteiger partial charge in [-0.3, -0.25) is 0 Å². The summed E-state index contributed by atoms with van der Waals surface area (Å²) in [5.74, 6) is -6.33. The molecule has 0 aliphatic heterocycles. The Balaban J connectivity index is 1.70. The third-order valence-electron chi connectivity index (χ3n) is 7.53. The highest BCUT2D eigenvalue weighted by molar-refractivity contribution is 5.33. The number of ether oxygens (including phenoxy) is 1. The van der Waals surface area contributed by atoms with Gasteiger partial charge in [0, 0.05) is 12.3 Å². The first-order valence-electron chi connectivity index (χ1n) is 11.2. The minimum absolute atomic E-state index is 0.0389. The number of benzene rings is 1. The monoisotopic (exact) mass is 414 g/mol. The van der Waals surface area contributed by atoms with Crippen LogP contribution in [0.25, 0.3) is 0 Å². The van der Waals surface area contributed by atoms with Crippen molar-refractivity contribution < 1.29 is 22.3 Å². The third kappa shape index (κ3) is 4.74. The fraction of sp³-hybridized carbons (Fsp3) is 0.750. The lowest BCUT2D eigenvalue weighted by Crippen LogP contribution is -2.41. The Bertz CT molecular complexity index is 694. The van der Waals surface area contributed by atoms with Gasteiger partial charge in [-0.25, -0.2) is 13.2 Å². The lowest BCUT2D eigenvalue weighted by Gasteiger charge is -2.45. The molecule has 0 heterocycles. The van der Waals surface area contributed by atoms with Crippen molar-refractivity contribution in [3.8, 4) is 5.75 Å². The van der Waals surface area contributed by atoms with E-state index in [1.807, 2.05) is 6.92 Å². The molecule has 29 heavy (non-hydrogen) atoms. The Labute approximate surface area is 172 Å². The second-order valence-corrected chi connectivity index (χ2v) is 9.48. The maximum absolute atomic E-state index is 15.1. The van der Waals surface area contributed by atoms with Crippen molar-refractivity contribution in [3.05, 3.63) is 29.3 Å². The SMILES string of the molecule is CCCOc1ccc(C2CCC(C3CCC(C)(CC)CC3)C(F)(F)C2)c(F)c1F. The minimum Gasteiger partial charge on any atom is -0.490 e. The molecular formula is C24H34F4O. The van der Waals surface area contributed by atoms with E-state index in [0.29, 0.717) is 19.3 Å². The average Bonchev–Trinajstić information content (AvgIpc) is 2.69. The maximum Gasteiger partial charge on any atom is 0.251 e. The lowest BCUT2D eigenvalue weighted by molar-refractivity contribution is -0.121. The lowest BCUT2D eigenvalue weighted by atomic mass is 9.63. The van der Waals surface area contributed by atoms with Gasteiger partial charge in [0.1, 0.15) is 0 Å². The van der Waals surface area contributed by atoms with Crippen molar-refractivity contribution >= 4 is 0 Å². The van der Waals surface area contributed by atoms with Gasteiger partial charge in [-0.1, -0.05) is 33.3 Å². The third-order valence-corrected chi connectivity index (χ3v) is 7.53. The highest BCUT2D eigenvalue weighted by Crippen LogP contribution is 2.53. The topological polar surface area (TPSA) is 9.23 Å². The smallest absolute Gasteiger partial charge is 0.251 e. The van der Waals surface area contributed by atoms with E-state index in [1.54, 1.807) is 0 Å². The standard InChI is InChI=1S/C24H34F4O/c1-4-14-29-20-9-7-18(21(25)22(20)26)17-6-8-19(24(27,28)15-17)16-10-12-23(3,5-2)13-11-16/h7,9,16-17,19H,4-6,8,10-15H2,1-3H3. The molecule has 2 aliphatic rings. The molecule has 2 fully saturated rings. The number of hydrogen-bond acceptors (Lipinski definition) is 1. The molecule has 1 aromatic rings. The van der Waals surface area contributed by atoms with E-state index in [1.165, 1.54) is 12.1 Å². The zero-order valence-corrected chi connectivity index (χ0v) is 17.9. The van der Waals surface area contributed by atoms with Crippen LogP contribution in [0.3, 0.4) is 0 Å². The number of alkyl halides is 2. The van der Waals surface area contributed by atoms with Gasteiger partial charge in [-0.05, 0) is 73.8 Å². The minimum atomic E-state index is -2.84. The van der Waals surface area contributed by atoms with Crippen LogP contribution in [0.2, 0.25) is 0 Å². The number of halogens is 4. The predicted octanol–water partition coefficient (Wildman–Crippen LogP) is 7.88. The Kier molecular flexibility index (Phi) is 6.84. The molecule has 0 N–H and O–H groups in total. The second kappa shape index (κ2) is 8.85. The van der Waals surface area contributed by atoms with Crippen LogP contribution in [0.15, 0.2) is 12.1 Å². The van der Waals surface area contributed by atoms with E-state index in [0.717, 1.165) is 32.1 Å². The molecule has 0 spiro atoms. The molecule has 2 unspecified atom stereocenters. The van der Waals surface area contributed by atoms with Crippen molar-refractivity contribution in [1.29, 1.82) is 0 Å². The highest BCUT2D eigenvalue weighted by Gasteiger charge is 2.50. The summed E-state index contributed by atoms with van der Waals surface area (Å²) >= 11 is 0. The largest absolute Gasteiger partial charge is 0.490 e. The maximum atomic E-state index is 15.1. The second-order valence-electron chi connectivity index (χ2n) is 9.48. The molecule has 2 saturated carbocycles. The predicted molar refractivity (Wildman–Crippen MR) is 108 cm³/mol. The van der Waals surface area contributed by atoms with Gasteiger partial charge in [0.25, 0.3) is 5.92 Å². The summed E-state index contributed by atoms with van der Waals surface area (Å²) in [4.78, 5) is 0. The molecular weight excluding hydrogens is 380 g/mol. The summed E-state index contributed by atoms with van der Waals surface area (Å²) in [6.45, 7) is 6.59. The fourth-order valence-corrected chi connectivity index (χ4v) is 5.30. The summed E-state index contributed by atoms with van der Waals surface area (Å²) in [5.41, 5.74) is 0.345. The van der Waals surface area contributed by atoms with Crippen LogP contribution in [0.5, 0.6) is 5.75 Å². The summed E-state index contributed by atoms with van der Waals surface area (Å²) < 4.78 is 64.3. The van der Waals surface area contributed by atoms with Crippen molar-refractivity contribution in [2.45, 2.75) is 90.4 Å². The van der Waals surface area contributed by atoms with E-state index >= 15 is 8.78 Å². The Morgan fingerprint density at radius 2 is 1.69 bits per heavy atom. The number of rotatable bonds is 6. The van der Waals surface area contributed by atoms with Gasteiger partial charge in [0.2, 0.25) is 5.82 Å². The van der Waals surface area contributed by atoms with E-state index in [-0.39, 0.29) is 29.3 Å². The molecule has 1 aromatic carbocycles. The van der Waals surface area contributed by atoms with E-state index in [2.05, 4.69) is 13.8 Å². The molecule has 0 aromatic heterocycles. The molecule has 1 nitrogen and oxygen atoms in total. The Morgan fingerprint density at radius 1 is 1.00 bits per heavy atom. The molecule has 0 bridgehead atoms. The van der Waals surface area contributed by atoms with Crippen LogP contribution in [-0.2, 0) is 0 Å². The van der Waals surface area contributed by atoms with Crippen LogP contribution < -0.4 is 4.74 Å². The van der Waals surface area contributed by atoms with Crippen LogP contribution in [0.1, 0.15) is 90.0 Å². The van der Waals surface area contributed by atoms with Crippen molar-refractivity contribution in [2.24, 2.45) is 17.3 Å². The summed E-state index contributed by atoms with van der Waals surface area (Å²) in [6.07, 6.45) is 5.93. The first kappa shape index (κ1) is 22.4. The van der Waals surface area contributed by atoms with Gasteiger partial charge < -0.3 is 4.74 Å². The van der Waals surface area contributed by atoms with Crippen LogP contribution in [-0.4, -0.2) is 12.5 Å². The van der Waals surface area contributed by atoms with Crippen molar-refractivity contribution in [2.75, 3.05) is 6.61 Å². The van der Waals surface area contributed by atoms with Crippen LogP contribution in [0.4, 0.5) is 17.6 Å². The highest BCUT2D eigenvalue weighted by atomic mass is 19.3. The molecule has 164 valence electrons. The first-order valence-corrected chi connectivity index (χ1v) is 11.2. The normalized spacial score (nSPS) is 32.2. The van der Waals surface area contributed by atoms with E-state index in [4.69, 9.17) is 4.74 Å². The van der Waals surface area contributed by atoms with E-state index < -0.39 is 35.8 Å². The quantitative estimate of drug-likeness (QED) is 0.430. The average molecular weight is 415 g/mol. The molecule has 5 heteroatoms. The van der Waals surface area contributed by atoms with Crippen molar-refractivity contribution in [1.82, 2.24) is 0 Å². The molecule has 0 radical (unpaired) electrons. The molecule has 2 aliphatic carbocycles. The van der Waals surface area contributed by atoms with E-state index in [9.17, 15) is 8.78 Å². The van der Waals surface area contributed by atoms with Crippen LogP contribution in [0, 0.1) is 28.9 Å². The van der Waals surface area contributed by atoms with Gasteiger partial charge >= 0.3 is 0 Å². The molecule has 3 rings (SSSR count). The first-order chi connectivity index (χ1) is 13.7. The van der Waals surface area contributed by atoms with Gasteiger partial charge in [0.15, 0.2) is 11.6 Å².